The second-order valence-corrected chi connectivity index (χ2v) is 5.18. The van der Waals surface area contributed by atoms with Crippen LogP contribution in [0.5, 0.6) is 0 Å². The number of para-hydroxylation sites is 1. The molecule has 2 N–H and O–H groups in total. The van der Waals surface area contributed by atoms with E-state index in [9.17, 15) is 9.90 Å². The van der Waals surface area contributed by atoms with Crippen molar-refractivity contribution in [2.45, 2.75) is 43.6 Å². The first-order valence-electron chi connectivity index (χ1n) is 6.33. The number of carboxylic acids is 1. The minimum atomic E-state index is -0.719. The van der Waals surface area contributed by atoms with Crippen molar-refractivity contribution in [3.05, 3.63) is 29.8 Å². The van der Waals surface area contributed by atoms with Crippen molar-refractivity contribution in [2.75, 3.05) is 5.32 Å². The number of hydrogen-bond donors (Lipinski definition) is 2. The Balaban J connectivity index is 2.10. The molecule has 1 aliphatic carbocycles. The normalized spacial score (nSPS) is 25.3. The Morgan fingerprint density at radius 2 is 1.94 bits per heavy atom. The molecule has 0 aromatic heterocycles. The van der Waals surface area contributed by atoms with Crippen LogP contribution >= 0.6 is 0 Å². The first-order chi connectivity index (χ1) is 8.24. The smallest absolute Gasteiger partial charge is 0.327 e. The molecule has 0 unspecified atom stereocenters. The van der Waals surface area contributed by atoms with Gasteiger partial charge < -0.3 is 10.4 Å². The van der Waals surface area contributed by atoms with Crippen LogP contribution in [0.3, 0.4) is 0 Å². The zero-order valence-corrected chi connectivity index (χ0v) is 9.78. The predicted octanol–water partition coefficient (Wildman–Crippen LogP) is 2.77. The molecule has 3 rings (SSSR count). The number of rotatable bonds is 1. The number of hydrogen-bond acceptors (Lipinski definition) is 2. The van der Waals surface area contributed by atoms with Crippen LogP contribution in [0.15, 0.2) is 24.3 Å². The van der Waals surface area contributed by atoms with Crippen LogP contribution in [0, 0.1) is 0 Å². The molecule has 0 amide bonds. The van der Waals surface area contributed by atoms with E-state index in [1.807, 2.05) is 18.2 Å². The minimum Gasteiger partial charge on any atom is -0.480 e. The quantitative estimate of drug-likeness (QED) is 0.781. The average Bonchev–Trinajstić information content (AvgIpc) is 2.66. The molecule has 1 aromatic rings. The van der Waals surface area contributed by atoms with E-state index in [1.54, 1.807) is 0 Å². The summed E-state index contributed by atoms with van der Waals surface area (Å²) in [6.45, 7) is 0. The molecule has 1 heterocycles. The van der Waals surface area contributed by atoms with Gasteiger partial charge in [-0.15, -0.1) is 0 Å². The zero-order valence-electron chi connectivity index (χ0n) is 9.78. The number of benzene rings is 1. The van der Waals surface area contributed by atoms with Gasteiger partial charge in [0.25, 0.3) is 0 Å². The van der Waals surface area contributed by atoms with Crippen LogP contribution < -0.4 is 5.32 Å². The Bertz CT molecular complexity index is 449. The molecule has 3 heteroatoms. The van der Waals surface area contributed by atoms with Gasteiger partial charge in [0.05, 0.1) is 0 Å². The summed E-state index contributed by atoms with van der Waals surface area (Å²) in [4.78, 5) is 11.5. The molecule has 3 nitrogen and oxygen atoms in total. The maximum atomic E-state index is 11.5. The van der Waals surface area contributed by atoms with E-state index < -0.39 is 12.0 Å². The monoisotopic (exact) mass is 231 g/mol. The van der Waals surface area contributed by atoms with Crippen LogP contribution in [0.2, 0.25) is 0 Å². The van der Waals surface area contributed by atoms with Crippen molar-refractivity contribution >= 4 is 11.7 Å². The summed E-state index contributed by atoms with van der Waals surface area (Å²) in [5, 5.41) is 12.6. The second kappa shape index (κ2) is 3.76. The van der Waals surface area contributed by atoms with Gasteiger partial charge in [-0.3, -0.25) is 0 Å². The van der Waals surface area contributed by atoms with E-state index >= 15 is 0 Å². The highest BCUT2D eigenvalue weighted by atomic mass is 16.4. The van der Waals surface area contributed by atoms with Crippen molar-refractivity contribution in [3.63, 3.8) is 0 Å². The third-order valence-electron chi connectivity index (χ3n) is 4.31. The van der Waals surface area contributed by atoms with Gasteiger partial charge in [-0.2, -0.15) is 0 Å². The van der Waals surface area contributed by atoms with Gasteiger partial charge in [-0.05, 0) is 24.5 Å². The highest BCUT2D eigenvalue weighted by Gasteiger charge is 2.50. The Labute approximate surface area is 101 Å². The molecule has 1 spiro atoms. The number of carbonyl (C=O) groups is 1. The Kier molecular flexibility index (Phi) is 2.35. The average molecular weight is 231 g/mol. The molecule has 1 aromatic carbocycles. The molecule has 17 heavy (non-hydrogen) atoms. The lowest BCUT2D eigenvalue weighted by Crippen LogP contribution is -2.45. The molecule has 1 atom stereocenters. The highest BCUT2D eigenvalue weighted by molar-refractivity contribution is 5.84. The standard InChI is InChI=1S/C14H17NO2/c16-13(17)12-14(8-4-1-5-9-14)10-6-2-3-7-11(10)15-12/h2-3,6-7,12,15H,1,4-5,8-9H2,(H,16,17)/t12-/m0/s1. The molecular formula is C14H17NO2. The lowest BCUT2D eigenvalue weighted by molar-refractivity contribution is -0.139. The van der Waals surface area contributed by atoms with Gasteiger partial charge in [0.15, 0.2) is 0 Å². The van der Waals surface area contributed by atoms with E-state index in [4.69, 9.17) is 0 Å². The van der Waals surface area contributed by atoms with Crippen molar-refractivity contribution in [1.82, 2.24) is 0 Å². The number of carboxylic acid groups (broad SMARTS) is 1. The van der Waals surface area contributed by atoms with Crippen LogP contribution in [0.4, 0.5) is 5.69 Å². The minimum absolute atomic E-state index is 0.166. The SMILES string of the molecule is O=C(O)[C@@H]1Nc2ccccc2C12CCCCC2. The fourth-order valence-electron chi connectivity index (χ4n) is 3.53. The van der Waals surface area contributed by atoms with Crippen molar-refractivity contribution in [2.24, 2.45) is 0 Å². The topological polar surface area (TPSA) is 49.3 Å². The van der Waals surface area contributed by atoms with Crippen LogP contribution in [0.1, 0.15) is 37.7 Å². The fourth-order valence-corrected chi connectivity index (χ4v) is 3.53. The third-order valence-corrected chi connectivity index (χ3v) is 4.31. The molecule has 0 radical (unpaired) electrons. The predicted molar refractivity (Wildman–Crippen MR) is 66.3 cm³/mol. The Morgan fingerprint density at radius 1 is 1.24 bits per heavy atom. The van der Waals surface area contributed by atoms with Crippen molar-refractivity contribution < 1.29 is 9.90 Å². The van der Waals surface area contributed by atoms with Gasteiger partial charge in [-0.1, -0.05) is 37.5 Å². The molecule has 90 valence electrons. The van der Waals surface area contributed by atoms with Gasteiger partial charge in [0.1, 0.15) is 6.04 Å². The molecule has 0 bridgehead atoms. The molecule has 0 saturated heterocycles. The highest BCUT2D eigenvalue weighted by Crippen LogP contribution is 2.50. The largest absolute Gasteiger partial charge is 0.480 e. The summed E-state index contributed by atoms with van der Waals surface area (Å²) in [6, 6.07) is 7.62. The van der Waals surface area contributed by atoms with E-state index in [0.29, 0.717) is 0 Å². The third kappa shape index (κ3) is 1.45. The molecular weight excluding hydrogens is 214 g/mol. The lowest BCUT2D eigenvalue weighted by atomic mass is 9.66. The van der Waals surface area contributed by atoms with E-state index in [0.717, 1.165) is 31.4 Å². The summed E-state index contributed by atoms with van der Waals surface area (Å²) in [5.74, 6) is -0.719. The van der Waals surface area contributed by atoms with Gasteiger partial charge in [-0.25, -0.2) is 4.79 Å². The first kappa shape index (κ1) is 10.6. The van der Waals surface area contributed by atoms with E-state index in [2.05, 4.69) is 11.4 Å². The van der Waals surface area contributed by atoms with Gasteiger partial charge in [0.2, 0.25) is 0 Å². The summed E-state index contributed by atoms with van der Waals surface area (Å²) in [6.07, 6.45) is 5.50. The summed E-state index contributed by atoms with van der Waals surface area (Å²) in [5.41, 5.74) is 2.06. The van der Waals surface area contributed by atoms with Crippen LogP contribution in [0.25, 0.3) is 0 Å². The second-order valence-electron chi connectivity index (χ2n) is 5.18. The number of nitrogens with one attached hydrogen (secondary N) is 1. The Morgan fingerprint density at radius 3 is 2.65 bits per heavy atom. The fraction of sp³-hybridized carbons (Fsp3) is 0.500. The summed E-state index contributed by atoms with van der Waals surface area (Å²) in [7, 11) is 0. The summed E-state index contributed by atoms with van der Waals surface area (Å²) >= 11 is 0. The van der Waals surface area contributed by atoms with E-state index in [-0.39, 0.29) is 5.41 Å². The maximum Gasteiger partial charge on any atom is 0.327 e. The van der Waals surface area contributed by atoms with Crippen LogP contribution in [-0.2, 0) is 10.2 Å². The maximum absolute atomic E-state index is 11.5. The van der Waals surface area contributed by atoms with Crippen molar-refractivity contribution in [3.8, 4) is 0 Å². The molecule has 1 saturated carbocycles. The van der Waals surface area contributed by atoms with Gasteiger partial charge in [0, 0.05) is 11.1 Å². The zero-order chi connectivity index (χ0) is 11.9. The number of anilines is 1. The van der Waals surface area contributed by atoms with Gasteiger partial charge >= 0.3 is 5.97 Å². The number of fused-ring (bicyclic) bond motifs is 2. The molecule has 2 aliphatic rings. The Hall–Kier alpha value is -1.51. The van der Waals surface area contributed by atoms with E-state index in [1.165, 1.54) is 12.0 Å². The van der Waals surface area contributed by atoms with Crippen LogP contribution in [-0.4, -0.2) is 17.1 Å². The lowest BCUT2D eigenvalue weighted by Gasteiger charge is -2.37. The molecule has 1 aliphatic heterocycles. The summed E-state index contributed by atoms with van der Waals surface area (Å²) < 4.78 is 0. The van der Waals surface area contributed by atoms with Crippen molar-refractivity contribution in [1.29, 1.82) is 0 Å². The molecule has 1 fully saturated rings. The first-order valence-corrected chi connectivity index (χ1v) is 6.33. The number of aliphatic carboxylic acids is 1.